The topological polar surface area (TPSA) is 46.5 Å². The molecule has 19 heavy (non-hydrogen) atoms. The van der Waals surface area contributed by atoms with Crippen molar-refractivity contribution in [1.29, 1.82) is 0 Å². The number of methoxy groups -OCH3 is 1. The third kappa shape index (κ3) is 1.69. The van der Waals surface area contributed by atoms with E-state index in [1.807, 2.05) is 43.3 Å². The Labute approximate surface area is 111 Å². The normalized spacial score (nSPS) is 25.3. The summed E-state index contributed by atoms with van der Waals surface area (Å²) in [6.07, 6.45) is 0.726. The zero-order chi connectivity index (χ0) is 13.6. The molecule has 0 radical (unpaired) electrons. The fourth-order valence-electron chi connectivity index (χ4n) is 2.88. The minimum Gasteiger partial charge on any atom is -0.497 e. The number of hydrogen-bond donors (Lipinski definition) is 1. The summed E-state index contributed by atoms with van der Waals surface area (Å²) >= 11 is 0. The van der Waals surface area contributed by atoms with E-state index in [4.69, 9.17) is 4.74 Å². The Bertz CT molecular complexity index is 662. The summed E-state index contributed by atoms with van der Waals surface area (Å²) in [4.78, 5) is 11.5. The predicted octanol–water partition coefficient (Wildman–Crippen LogP) is 3.21. The molecule has 3 rings (SSSR count). The highest BCUT2D eigenvalue weighted by Crippen LogP contribution is 2.54. The first-order chi connectivity index (χ1) is 9.07. The van der Waals surface area contributed by atoms with Gasteiger partial charge in [-0.3, -0.25) is 4.79 Å². The maximum Gasteiger partial charge on any atom is 0.314 e. The molecule has 0 spiro atoms. The van der Waals surface area contributed by atoms with E-state index in [1.165, 1.54) is 0 Å². The number of ether oxygens (including phenoxy) is 1. The van der Waals surface area contributed by atoms with Crippen molar-refractivity contribution in [3.05, 3.63) is 42.0 Å². The lowest BCUT2D eigenvalue weighted by atomic mass is 9.91. The van der Waals surface area contributed by atoms with Crippen LogP contribution < -0.4 is 4.74 Å². The second-order valence-electron chi connectivity index (χ2n) is 5.31. The van der Waals surface area contributed by atoms with Crippen LogP contribution in [0, 0.1) is 5.92 Å². The van der Waals surface area contributed by atoms with Crippen LogP contribution in [0.25, 0.3) is 10.8 Å². The van der Waals surface area contributed by atoms with E-state index in [0.717, 1.165) is 28.5 Å². The number of aliphatic carboxylic acids is 1. The maximum absolute atomic E-state index is 11.5. The lowest BCUT2D eigenvalue weighted by molar-refractivity contribution is -0.140. The van der Waals surface area contributed by atoms with Crippen molar-refractivity contribution in [2.45, 2.75) is 18.8 Å². The standard InChI is InChI=1S/C16H16O3/c1-10-9-16(10,15(17)18)13-5-3-12-8-14(19-2)6-4-11(12)7-13/h3-8,10H,9H2,1-2H3,(H,17,18). The average Bonchev–Trinajstić information content (AvgIpc) is 3.10. The molecule has 3 heteroatoms. The molecule has 2 unspecified atom stereocenters. The van der Waals surface area contributed by atoms with Crippen molar-refractivity contribution in [2.24, 2.45) is 5.92 Å². The second-order valence-corrected chi connectivity index (χ2v) is 5.31. The molecule has 1 aliphatic carbocycles. The van der Waals surface area contributed by atoms with E-state index in [2.05, 4.69) is 0 Å². The number of carboxylic acid groups (broad SMARTS) is 1. The Morgan fingerprint density at radius 1 is 1.26 bits per heavy atom. The summed E-state index contributed by atoms with van der Waals surface area (Å²) in [6.45, 7) is 1.99. The molecule has 0 amide bonds. The van der Waals surface area contributed by atoms with Crippen LogP contribution in [0.1, 0.15) is 18.9 Å². The molecule has 0 heterocycles. The summed E-state index contributed by atoms with van der Waals surface area (Å²) in [5, 5.41) is 11.6. The molecule has 1 saturated carbocycles. The molecule has 0 saturated heterocycles. The molecule has 0 aromatic heterocycles. The first-order valence-electron chi connectivity index (χ1n) is 6.39. The highest BCUT2D eigenvalue weighted by Gasteiger charge is 2.58. The second kappa shape index (κ2) is 3.98. The Morgan fingerprint density at radius 2 is 1.89 bits per heavy atom. The molecule has 1 aliphatic rings. The highest BCUT2D eigenvalue weighted by atomic mass is 16.5. The summed E-state index contributed by atoms with van der Waals surface area (Å²) < 4.78 is 5.19. The summed E-state index contributed by atoms with van der Waals surface area (Å²) in [6, 6.07) is 11.7. The molecule has 1 fully saturated rings. The lowest BCUT2D eigenvalue weighted by Crippen LogP contribution is -2.21. The van der Waals surface area contributed by atoms with Crippen molar-refractivity contribution in [2.75, 3.05) is 7.11 Å². The van der Waals surface area contributed by atoms with Gasteiger partial charge in [-0.05, 0) is 46.9 Å². The van der Waals surface area contributed by atoms with Crippen LogP contribution in [0.15, 0.2) is 36.4 Å². The number of hydrogen-bond acceptors (Lipinski definition) is 2. The van der Waals surface area contributed by atoms with Crippen molar-refractivity contribution in [1.82, 2.24) is 0 Å². The zero-order valence-corrected chi connectivity index (χ0v) is 11.0. The number of fused-ring (bicyclic) bond motifs is 1. The first kappa shape index (κ1) is 12.0. The van der Waals surface area contributed by atoms with Crippen LogP contribution in [0.3, 0.4) is 0 Å². The molecule has 2 aromatic carbocycles. The fraction of sp³-hybridized carbons (Fsp3) is 0.312. The van der Waals surface area contributed by atoms with Crippen molar-refractivity contribution in [3.63, 3.8) is 0 Å². The van der Waals surface area contributed by atoms with Gasteiger partial charge in [0.1, 0.15) is 5.75 Å². The van der Waals surface area contributed by atoms with Gasteiger partial charge in [-0.25, -0.2) is 0 Å². The Hall–Kier alpha value is -2.03. The first-order valence-corrected chi connectivity index (χ1v) is 6.39. The number of rotatable bonds is 3. The van der Waals surface area contributed by atoms with Gasteiger partial charge in [0.25, 0.3) is 0 Å². The van der Waals surface area contributed by atoms with E-state index in [0.29, 0.717) is 0 Å². The minimum atomic E-state index is -0.715. The Kier molecular flexibility index (Phi) is 2.52. The molecule has 3 nitrogen and oxygen atoms in total. The van der Waals surface area contributed by atoms with E-state index in [1.54, 1.807) is 7.11 Å². The third-order valence-electron chi connectivity index (χ3n) is 4.25. The van der Waals surface area contributed by atoms with Gasteiger partial charge < -0.3 is 9.84 Å². The number of carboxylic acids is 1. The summed E-state index contributed by atoms with van der Waals surface area (Å²) in [7, 11) is 1.64. The SMILES string of the molecule is COc1ccc2cc(C3(C(=O)O)CC3C)ccc2c1. The van der Waals surface area contributed by atoms with Crippen LogP contribution >= 0.6 is 0 Å². The smallest absolute Gasteiger partial charge is 0.314 e. The molecule has 1 N–H and O–H groups in total. The zero-order valence-electron chi connectivity index (χ0n) is 11.0. The molecular formula is C16H16O3. The van der Waals surface area contributed by atoms with Crippen LogP contribution in [0.4, 0.5) is 0 Å². The van der Waals surface area contributed by atoms with Gasteiger partial charge in [0, 0.05) is 0 Å². The quantitative estimate of drug-likeness (QED) is 0.917. The van der Waals surface area contributed by atoms with E-state index >= 15 is 0 Å². The van der Waals surface area contributed by atoms with Gasteiger partial charge in [0.2, 0.25) is 0 Å². The molecule has 2 atom stereocenters. The lowest BCUT2D eigenvalue weighted by Gasteiger charge is -2.13. The van der Waals surface area contributed by atoms with Gasteiger partial charge in [-0.15, -0.1) is 0 Å². The van der Waals surface area contributed by atoms with Gasteiger partial charge in [-0.2, -0.15) is 0 Å². The van der Waals surface area contributed by atoms with E-state index < -0.39 is 11.4 Å². The largest absolute Gasteiger partial charge is 0.497 e. The van der Waals surface area contributed by atoms with Crippen molar-refractivity contribution >= 4 is 16.7 Å². The molecule has 0 aliphatic heterocycles. The fourth-order valence-corrected chi connectivity index (χ4v) is 2.88. The van der Waals surface area contributed by atoms with E-state index in [9.17, 15) is 9.90 Å². The van der Waals surface area contributed by atoms with Gasteiger partial charge in [0.15, 0.2) is 0 Å². The average molecular weight is 256 g/mol. The van der Waals surface area contributed by atoms with Crippen LogP contribution in [-0.4, -0.2) is 18.2 Å². The molecular weight excluding hydrogens is 240 g/mol. The third-order valence-corrected chi connectivity index (χ3v) is 4.25. The van der Waals surface area contributed by atoms with Crippen molar-refractivity contribution in [3.8, 4) is 5.75 Å². The van der Waals surface area contributed by atoms with Gasteiger partial charge in [0.05, 0.1) is 12.5 Å². The van der Waals surface area contributed by atoms with Gasteiger partial charge >= 0.3 is 5.97 Å². The van der Waals surface area contributed by atoms with Gasteiger partial charge in [-0.1, -0.05) is 25.1 Å². The summed E-state index contributed by atoms with van der Waals surface area (Å²) in [5.41, 5.74) is 0.235. The van der Waals surface area contributed by atoms with Crippen LogP contribution in [-0.2, 0) is 10.2 Å². The van der Waals surface area contributed by atoms with Crippen molar-refractivity contribution < 1.29 is 14.6 Å². The van der Waals surface area contributed by atoms with E-state index in [-0.39, 0.29) is 5.92 Å². The Balaban J connectivity index is 2.10. The highest BCUT2D eigenvalue weighted by molar-refractivity contribution is 5.90. The van der Waals surface area contributed by atoms with Crippen LogP contribution in [0.2, 0.25) is 0 Å². The minimum absolute atomic E-state index is 0.209. The van der Waals surface area contributed by atoms with Crippen LogP contribution in [0.5, 0.6) is 5.75 Å². The number of carbonyl (C=O) groups is 1. The number of benzene rings is 2. The summed E-state index contributed by atoms with van der Waals surface area (Å²) in [5.74, 6) is 0.307. The molecule has 98 valence electrons. The monoisotopic (exact) mass is 256 g/mol. The Morgan fingerprint density at radius 3 is 2.47 bits per heavy atom. The maximum atomic E-state index is 11.5. The molecule has 2 aromatic rings. The predicted molar refractivity (Wildman–Crippen MR) is 73.6 cm³/mol. The molecule has 0 bridgehead atoms.